The van der Waals surface area contributed by atoms with Crippen LogP contribution >= 0.6 is 23.4 Å². The van der Waals surface area contributed by atoms with Crippen molar-refractivity contribution in [2.24, 2.45) is 0 Å². The molecule has 0 saturated heterocycles. The van der Waals surface area contributed by atoms with Crippen molar-refractivity contribution in [3.05, 3.63) is 82.2 Å². The summed E-state index contributed by atoms with van der Waals surface area (Å²) in [6, 6.07) is 17.7. The van der Waals surface area contributed by atoms with Gasteiger partial charge in [-0.25, -0.2) is 0 Å². The Hall–Kier alpha value is -1.83. The summed E-state index contributed by atoms with van der Waals surface area (Å²) in [5.41, 5.74) is 3.61. The second-order valence-corrected chi connectivity index (χ2v) is 14.1. The Bertz CT molecular complexity index is 1880. The van der Waals surface area contributed by atoms with Gasteiger partial charge >= 0.3 is 35.4 Å². The number of oxazole rings is 1. The molecule has 0 spiro atoms. The van der Waals surface area contributed by atoms with Crippen molar-refractivity contribution >= 4 is 77.8 Å². The molecular formula is C30H31ClN2NaO6S3+. The Morgan fingerprint density at radius 1 is 1.12 bits per heavy atom. The molecule has 1 aliphatic heterocycles. The van der Waals surface area contributed by atoms with Crippen molar-refractivity contribution in [1.82, 2.24) is 0 Å². The molecule has 13 heteroatoms. The number of hydrogen-bond acceptors (Lipinski definition) is 8. The molecule has 0 atom stereocenters. The van der Waals surface area contributed by atoms with Crippen LogP contribution in [0.5, 0.6) is 0 Å². The number of aromatic nitrogens is 1. The molecule has 0 radical (unpaired) electrons. The number of anilines is 1. The Balaban J connectivity index is 0.00000423. The minimum Gasteiger partial charge on any atom is -0.424 e. The summed E-state index contributed by atoms with van der Waals surface area (Å²) < 4.78 is 62.6. The largest absolute Gasteiger partial charge is 1.00 e. The van der Waals surface area contributed by atoms with E-state index in [9.17, 15) is 16.8 Å². The second-order valence-electron chi connectivity index (χ2n) is 10.0. The topological polar surface area (TPSA) is 109 Å². The quantitative estimate of drug-likeness (QED) is 0.0789. The van der Waals surface area contributed by atoms with Crippen molar-refractivity contribution in [3.8, 4) is 0 Å². The number of allylic oxidation sites excluding steroid dienone is 2. The molecule has 0 aliphatic carbocycles. The average Bonchev–Trinajstić information content (AvgIpc) is 3.47. The van der Waals surface area contributed by atoms with Gasteiger partial charge in [0.25, 0.3) is 15.6 Å². The first-order chi connectivity index (χ1) is 20.1. The third kappa shape index (κ3) is 8.46. The normalized spacial score (nSPS) is 14.7. The van der Waals surface area contributed by atoms with E-state index < -0.39 is 20.8 Å². The van der Waals surface area contributed by atoms with Crippen LogP contribution in [-0.2, 0) is 35.8 Å². The van der Waals surface area contributed by atoms with E-state index in [-0.39, 0.29) is 41.1 Å². The summed E-state index contributed by atoms with van der Waals surface area (Å²) >= 11 is 7.94. The Labute approximate surface area is 284 Å². The smallest absolute Gasteiger partial charge is 0.424 e. The number of nitrogens with zero attached hydrogens (tertiary/aromatic N) is 2. The van der Waals surface area contributed by atoms with Crippen LogP contribution in [-0.4, -0.2) is 31.0 Å². The van der Waals surface area contributed by atoms with Crippen LogP contribution in [0.4, 0.5) is 5.69 Å². The molecule has 1 N–H and O–H groups in total. The maximum absolute atomic E-state index is 11.3. The van der Waals surface area contributed by atoms with E-state index in [0.29, 0.717) is 49.7 Å². The molecule has 1 aromatic heterocycles. The third-order valence-electron chi connectivity index (χ3n) is 7.06. The van der Waals surface area contributed by atoms with Crippen LogP contribution < -0.4 is 39.0 Å². The molecular weight excluding hydrogens is 639 g/mol. The summed E-state index contributed by atoms with van der Waals surface area (Å²) in [6.07, 6.45) is 6.16. The van der Waals surface area contributed by atoms with Gasteiger partial charge in [0.2, 0.25) is 5.58 Å². The van der Waals surface area contributed by atoms with Gasteiger partial charge in [-0.05, 0) is 73.1 Å². The molecule has 4 aromatic rings. The van der Waals surface area contributed by atoms with Gasteiger partial charge in [0, 0.05) is 16.5 Å². The minimum atomic E-state index is -4.01. The molecule has 1 aliphatic rings. The van der Waals surface area contributed by atoms with E-state index in [2.05, 4.69) is 22.5 Å². The number of halogens is 1. The predicted molar refractivity (Wildman–Crippen MR) is 169 cm³/mol. The molecule has 0 fully saturated rings. The second kappa shape index (κ2) is 15.0. The number of unbranched alkanes of at least 4 members (excludes halogenated alkanes) is 1. The molecule has 8 nitrogen and oxygen atoms in total. The van der Waals surface area contributed by atoms with E-state index in [1.807, 2.05) is 60.7 Å². The SMILES string of the molecule is CCC(=C/c1oc2ccc3ccccc3c2[n+]1CCC[S-](=O)=O)/C=C1/Sc2ccc(Cl)cc2N1CCCCS(=O)(=O)O.[Na+]. The van der Waals surface area contributed by atoms with Gasteiger partial charge in [-0.1, -0.05) is 71.0 Å². The summed E-state index contributed by atoms with van der Waals surface area (Å²) in [5.74, 6) is 0.411. The maximum atomic E-state index is 11.3. The van der Waals surface area contributed by atoms with Crippen molar-refractivity contribution in [2.75, 3.05) is 23.0 Å². The van der Waals surface area contributed by atoms with Crippen molar-refractivity contribution in [1.29, 1.82) is 0 Å². The van der Waals surface area contributed by atoms with Crippen LogP contribution in [0.25, 0.3) is 27.9 Å². The fourth-order valence-electron chi connectivity index (χ4n) is 5.07. The summed E-state index contributed by atoms with van der Waals surface area (Å²) in [5, 5.41) is 3.69. The van der Waals surface area contributed by atoms with E-state index in [4.69, 9.17) is 20.6 Å². The first kappa shape index (κ1) is 34.1. The van der Waals surface area contributed by atoms with Crippen LogP contribution in [0, 0.1) is 0 Å². The molecule has 0 unspecified atom stereocenters. The zero-order valence-corrected chi connectivity index (χ0v) is 29.2. The van der Waals surface area contributed by atoms with Gasteiger partial charge in [0.1, 0.15) is 0 Å². The van der Waals surface area contributed by atoms with E-state index in [1.165, 1.54) is 0 Å². The van der Waals surface area contributed by atoms with Gasteiger partial charge < -0.3 is 17.7 Å². The predicted octanol–water partition coefficient (Wildman–Crippen LogP) is 4.15. The van der Waals surface area contributed by atoms with Crippen LogP contribution in [0.15, 0.2) is 80.6 Å². The zero-order valence-electron chi connectivity index (χ0n) is 24.0. The van der Waals surface area contributed by atoms with E-state index >= 15 is 0 Å². The fourth-order valence-corrected chi connectivity index (χ4v) is 7.32. The molecule has 0 amide bonds. The number of fused-ring (bicyclic) bond motifs is 4. The standard InChI is InChI=1S/C30H30ClN2O6S3.Na/c1-2-21(19-29-32(14-5-6-17-42(36,37)38)25-20-23(31)11-13-27(25)40-29)18-28-33(15-7-16-41(34)35)30-24-9-4-3-8-22(24)10-12-26(30)39-28;/h3-4,8-13,18-20H,2,5-7,14-17H2,1H3;/q-1;+1/p+1. The number of benzene rings is 3. The van der Waals surface area contributed by atoms with Crippen LogP contribution in [0.1, 0.15) is 38.5 Å². The van der Waals surface area contributed by atoms with Gasteiger partial charge in [-0.2, -0.15) is 13.0 Å². The molecule has 3 aromatic carbocycles. The number of thioether (sulfide) groups is 1. The number of rotatable bonds is 12. The molecule has 2 heterocycles. The Morgan fingerprint density at radius 3 is 2.65 bits per heavy atom. The minimum absolute atomic E-state index is 0. The van der Waals surface area contributed by atoms with Crippen LogP contribution in [0.2, 0.25) is 5.02 Å². The maximum Gasteiger partial charge on any atom is 1.00 e. The fraction of sp³-hybridized carbons (Fsp3) is 0.300. The Kier molecular flexibility index (Phi) is 11.9. The summed E-state index contributed by atoms with van der Waals surface area (Å²) in [7, 11) is -6.14. The van der Waals surface area contributed by atoms with Gasteiger partial charge in [0.15, 0.2) is 6.54 Å². The van der Waals surface area contributed by atoms with Crippen molar-refractivity contribution in [3.63, 3.8) is 0 Å². The molecule has 5 rings (SSSR count). The molecule has 43 heavy (non-hydrogen) atoms. The molecule has 0 bridgehead atoms. The average molecular weight is 670 g/mol. The van der Waals surface area contributed by atoms with Gasteiger partial charge in [-0.15, -0.1) is 0 Å². The first-order valence-electron chi connectivity index (χ1n) is 13.7. The first-order valence-corrected chi connectivity index (χ1v) is 17.7. The van der Waals surface area contributed by atoms with Crippen molar-refractivity contribution in [2.45, 2.75) is 44.0 Å². The monoisotopic (exact) mass is 669 g/mol. The number of aryl methyl sites for hydroxylation is 1. The third-order valence-corrected chi connectivity index (χ3v) is 9.83. The zero-order chi connectivity index (χ0) is 29.9. The molecule has 222 valence electrons. The molecule has 0 saturated carbocycles. The van der Waals surface area contributed by atoms with E-state index in [0.717, 1.165) is 43.1 Å². The van der Waals surface area contributed by atoms with Gasteiger partial charge in [-0.3, -0.25) is 4.55 Å². The van der Waals surface area contributed by atoms with E-state index in [1.54, 1.807) is 11.8 Å². The Morgan fingerprint density at radius 2 is 1.91 bits per heavy atom. The summed E-state index contributed by atoms with van der Waals surface area (Å²) in [4.78, 5) is 3.18. The summed E-state index contributed by atoms with van der Waals surface area (Å²) in [6.45, 7) is 3.10. The number of hydrogen-bond donors (Lipinski definition) is 1. The van der Waals surface area contributed by atoms with Gasteiger partial charge in [0.05, 0.1) is 27.9 Å². The van der Waals surface area contributed by atoms with Crippen molar-refractivity contribution < 1.29 is 59.9 Å². The van der Waals surface area contributed by atoms with Crippen LogP contribution in [0.3, 0.4) is 0 Å².